The summed E-state index contributed by atoms with van der Waals surface area (Å²) in [6.07, 6.45) is -6.43. The Morgan fingerprint density at radius 3 is 2.58 bits per heavy atom. The van der Waals surface area contributed by atoms with Crippen LogP contribution in [-0.2, 0) is 10.0 Å². The molecule has 0 aliphatic carbocycles. The smallest absolute Gasteiger partial charge is 0.406 e. The van der Waals surface area contributed by atoms with Crippen molar-refractivity contribution in [3.05, 3.63) is 54.7 Å². The van der Waals surface area contributed by atoms with Crippen LogP contribution in [0.4, 0.5) is 32.8 Å². The SMILES string of the molecule is NC(=O)On1cc(NC(=O)N2C[C@H](F)C[C@H]2CNS(=O)(=O)c2cccc(OC(F)(F)F)c2)c2ccccc21. The molecule has 3 aromatic rings. The molecule has 0 unspecified atom stereocenters. The molecule has 2 aromatic carbocycles. The first-order chi connectivity index (χ1) is 17.8. The number of nitrogens with zero attached hydrogens (tertiary/aromatic N) is 2. The monoisotopic (exact) mass is 559 g/mol. The highest BCUT2D eigenvalue weighted by Crippen LogP contribution is 2.28. The Kier molecular flexibility index (Phi) is 7.37. The number of urea groups is 1. The highest BCUT2D eigenvalue weighted by Gasteiger charge is 2.37. The van der Waals surface area contributed by atoms with Gasteiger partial charge in [0, 0.05) is 30.5 Å². The zero-order chi connectivity index (χ0) is 27.7. The number of aromatic nitrogens is 1. The molecule has 1 aliphatic heterocycles. The summed E-state index contributed by atoms with van der Waals surface area (Å²) in [5, 5.41) is 3.08. The number of fused-ring (bicyclic) bond motifs is 1. The van der Waals surface area contributed by atoms with Gasteiger partial charge in [0.15, 0.2) is 0 Å². The lowest BCUT2D eigenvalue weighted by Gasteiger charge is -2.24. The lowest BCUT2D eigenvalue weighted by Crippen LogP contribution is -2.45. The Balaban J connectivity index is 1.48. The van der Waals surface area contributed by atoms with Crippen molar-refractivity contribution in [1.29, 1.82) is 0 Å². The maximum absolute atomic E-state index is 14.3. The van der Waals surface area contributed by atoms with Gasteiger partial charge >= 0.3 is 18.5 Å². The fourth-order valence-electron chi connectivity index (χ4n) is 4.04. The summed E-state index contributed by atoms with van der Waals surface area (Å²) in [7, 11) is -4.33. The van der Waals surface area contributed by atoms with E-state index in [2.05, 4.69) is 14.8 Å². The first kappa shape index (κ1) is 27.0. The first-order valence-electron chi connectivity index (χ1n) is 11.0. The standard InChI is InChI=1S/C22H21F4N5O6S/c23-13-8-14(10-28-38(34,35)16-5-3-4-15(9-16)36-22(24,25)26)30(11-13)21(33)29-18-12-31(37-20(27)32)19-7-2-1-6-17(18)19/h1-7,9,12-14,28H,8,10-11H2,(H2,27,32)(H,29,33)/t13-,14+/m1/s1. The molecule has 1 saturated heterocycles. The van der Waals surface area contributed by atoms with Crippen LogP contribution in [0.3, 0.4) is 0 Å². The van der Waals surface area contributed by atoms with E-state index in [0.717, 1.165) is 27.8 Å². The van der Waals surface area contributed by atoms with Crippen molar-refractivity contribution in [2.45, 2.75) is 29.9 Å². The highest BCUT2D eigenvalue weighted by molar-refractivity contribution is 7.89. The molecule has 4 N–H and O–H groups in total. The summed E-state index contributed by atoms with van der Waals surface area (Å²) in [4.78, 5) is 29.7. The molecule has 1 aliphatic rings. The summed E-state index contributed by atoms with van der Waals surface area (Å²) < 4.78 is 84.1. The zero-order valence-electron chi connectivity index (χ0n) is 19.3. The fraction of sp³-hybridized carbons (Fsp3) is 0.273. The minimum Gasteiger partial charge on any atom is -0.406 e. The number of amides is 3. The fourth-order valence-corrected chi connectivity index (χ4v) is 5.15. The lowest BCUT2D eigenvalue weighted by molar-refractivity contribution is -0.274. The van der Waals surface area contributed by atoms with Crippen LogP contribution in [0.5, 0.6) is 5.75 Å². The van der Waals surface area contributed by atoms with Crippen LogP contribution in [0.15, 0.2) is 59.6 Å². The summed E-state index contributed by atoms with van der Waals surface area (Å²) in [5.41, 5.74) is 5.70. The number of likely N-dealkylation sites (tertiary alicyclic amines) is 1. The van der Waals surface area contributed by atoms with Gasteiger partial charge in [-0.15, -0.1) is 13.2 Å². The average molecular weight is 559 g/mol. The van der Waals surface area contributed by atoms with Gasteiger partial charge in [0.25, 0.3) is 0 Å². The van der Waals surface area contributed by atoms with Crippen molar-refractivity contribution in [3.8, 4) is 5.75 Å². The van der Waals surface area contributed by atoms with E-state index in [9.17, 15) is 35.6 Å². The molecule has 11 nitrogen and oxygen atoms in total. The van der Waals surface area contributed by atoms with Crippen molar-refractivity contribution in [1.82, 2.24) is 14.4 Å². The Hall–Kier alpha value is -4.05. The van der Waals surface area contributed by atoms with Gasteiger partial charge in [-0.2, -0.15) is 4.73 Å². The second-order valence-electron chi connectivity index (χ2n) is 8.24. The molecule has 3 amide bonds. The zero-order valence-corrected chi connectivity index (χ0v) is 20.1. The van der Waals surface area contributed by atoms with E-state index in [1.807, 2.05) is 0 Å². The molecular formula is C22H21F4N5O6S. The maximum atomic E-state index is 14.3. The number of para-hydroxylation sites is 1. The van der Waals surface area contributed by atoms with Gasteiger partial charge in [-0.1, -0.05) is 24.3 Å². The van der Waals surface area contributed by atoms with Crippen molar-refractivity contribution in [2.75, 3.05) is 18.4 Å². The number of ether oxygens (including phenoxy) is 1. The Labute approximate surface area is 213 Å². The number of anilines is 1. The number of hydrogen-bond donors (Lipinski definition) is 3. The Bertz CT molecular complexity index is 1460. The third-order valence-electron chi connectivity index (χ3n) is 5.59. The topological polar surface area (TPSA) is 145 Å². The molecular weight excluding hydrogens is 538 g/mol. The summed E-state index contributed by atoms with van der Waals surface area (Å²) >= 11 is 0. The number of halogens is 4. The van der Waals surface area contributed by atoms with E-state index in [1.165, 1.54) is 6.20 Å². The molecule has 0 bridgehead atoms. The summed E-state index contributed by atoms with van der Waals surface area (Å²) in [6, 6.07) is 8.67. The van der Waals surface area contributed by atoms with Crippen molar-refractivity contribution in [3.63, 3.8) is 0 Å². The number of rotatable bonds is 7. The number of benzene rings is 2. The van der Waals surface area contributed by atoms with Crippen molar-refractivity contribution in [2.24, 2.45) is 5.73 Å². The molecule has 0 spiro atoms. The van der Waals surface area contributed by atoms with Crippen molar-refractivity contribution < 1.29 is 45.1 Å². The molecule has 2 atom stereocenters. The van der Waals surface area contributed by atoms with Gasteiger partial charge < -0.3 is 25.5 Å². The molecule has 2 heterocycles. The number of hydrogen-bond acceptors (Lipinski definition) is 6. The molecule has 204 valence electrons. The molecule has 1 fully saturated rings. The predicted octanol–water partition coefficient (Wildman–Crippen LogP) is 2.97. The number of carbonyl (C=O) groups excluding carboxylic acids is 2. The molecule has 1 aromatic heterocycles. The third-order valence-corrected chi connectivity index (χ3v) is 7.01. The van der Waals surface area contributed by atoms with Gasteiger partial charge in [0.05, 0.1) is 28.8 Å². The van der Waals surface area contributed by atoms with Crippen LogP contribution in [0, 0.1) is 0 Å². The Morgan fingerprint density at radius 1 is 1.13 bits per heavy atom. The average Bonchev–Trinajstić information content (AvgIpc) is 3.37. The second-order valence-corrected chi connectivity index (χ2v) is 10.0. The van der Waals surface area contributed by atoms with Gasteiger partial charge in [0.1, 0.15) is 11.9 Å². The van der Waals surface area contributed by atoms with Gasteiger partial charge in [0.2, 0.25) is 10.0 Å². The maximum Gasteiger partial charge on any atom is 0.573 e. The van der Waals surface area contributed by atoms with Crippen LogP contribution in [-0.4, -0.2) is 61.8 Å². The van der Waals surface area contributed by atoms with Crippen LogP contribution in [0.2, 0.25) is 0 Å². The van der Waals surface area contributed by atoms with E-state index in [0.29, 0.717) is 17.0 Å². The first-order valence-corrected chi connectivity index (χ1v) is 12.5. The van der Waals surface area contributed by atoms with E-state index >= 15 is 0 Å². The summed E-state index contributed by atoms with van der Waals surface area (Å²) in [6.45, 7) is -0.739. The molecule has 4 rings (SSSR count). The van der Waals surface area contributed by atoms with Crippen LogP contribution in [0.1, 0.15) is 6.42 Å². The van der Waals surface area contributed by atoms with E-state index in [1.54, 1.807) is 24.3 Å². The number of alkyl halides is 4. The number of sulfonamides is 1. The van der Waals surface area contributed by atoms with Crippen LogP contribution in [0.25, 0.3) is 10.9 Å². The third kappa shape index (κ3) is 6.25. The molecule has 38 heavy (non-hydrogen) atoms. The van der Waals surface area contributed by atoms with Gasteiger partial charge in [-0.3, -0.25) is 0 Å². The number of nitrogens with one attached hydrogen (secondary N) is 2. The minimum atomic E-state index is -5.01. The normalized spacial score (nSPS) is 17.9. The second kappa shape index (κ2) is 10.4. The van der Waals surface area contributed by atoms with Crippen LogP contribution >= 0.6 is 0 Å². The molecule has 0 radical (unpaired) electrons. The highest BCUT2D eigenvalue weighted by atomic mass is 32.2. The van der Waals surface area contributed by atoms with Crippen molar-refractivity contribution >= 4 is 38.7 Å². The van der Waals surface area contributed by atoms with E-state index < -0.39 is 57.9 Å². The van der Waals surface area contributed by atoms with E-state index in [4.69, 9.17) is 10.6 Å². The van der Waals surface area contributed by atoms with Gasteiger partial charge in [-0.05, 0) is 18.2 Å². The van der Waals surface area contributed by atoms with Crippen LogP contribution < -0.4 is 25.3 Å². The minimum absolute atomic E-state index is 0.181. The number of primary amides is 1. The lowest BCUT2D eigenvalue weighted by atomic mass is 10.2. The molecule has 0 saturated carbocycles. The summed E-state index contributed by atoms with van der Waals surface area (Å²) in [5.74, 6) is -0.731. The van der Waals surface area contributed by atoms with Gasteiger partial charge in [-0.25, -0.2) is 27.1 Å². The van der Waals surface area contributed by atoms with E-state index in [-0.39, 0.29) is 18.7 Å². The Morgan fingerprint density at radius 2 is 1.87 bits per heavy atom. The largest absolute Gasteiger partial charge is 0.573 e. The molecule has 16 heteroatoms. The quantitative estimate of drug-likeness (QED) is 0.380. The number of nitrogens with two attached hydrogens (primary N) is 1. The number of carbonyl (C=O) groups is 2. The predicted molar refractivity (Wildman–Crippen MR) is 125 cm³/mol.